The van der Waals surface area contributed by atoms with Crippen molar-refractivity contribution in [3.05, 3.63) is 28.8 Å². The molecule has 0 aromatic heterocycles. The largest absolute Gasteiger partial charge is 0.417 e. The molecule has 2 rings (SSSR count). The molecule has 0 bridgehead atoms. The number of hydrogen-bond donors (Lipinski definition) is 2. The van der Waals surface area contributed by atoms with Gasteiger partial charge < -0.3 is 0 Å². The van der Waals surface area contributed by atoms with Crippen molar-refractivity contribution < 1.29 is 18.4 Å². The van der Waals surface area contributed by atoms with Crippen LogP contribution in [-0.4, -0.2) is 27.8 Å². The molecule has 0 saturated carbocycles. The van der Waals surface area contributed by atoms with Gasteiger partial charge in [-0.1, -0.05) is 23.4 Å². The van der Waals surface area contributed by atoms with E-state index in [0.717, 1.165) is 17.9 Å². The highest BCUT2D eigenvalue weighted by Crippen LogP contribution is 2.35. The summed E-state index contributed by atoms with van der Waals surface area (Å²) < 4.78 is 37.5. The van der Waals surface area contributed by atoms with E-state index in [0.29, 0.717) is 16.9 Å². The first kappa shape index (κ1) is 14.3. The molecule has 1 heterocycles. The number of hydrogen-bond acceptors (Lipinski definition) is 5. The van der Waals surface area contributed by atoms with Crippen LogP contribution in [0.2, 0.25) is 5.02 Å². The Morgan fingerprint density at radius 3 is 2.68 bits per heavy atom. The van der Waals surface area contributed by atoms with Crippen LogP contribution >= 0.6 is 23.4 Å². The molecule has 0 radical (unpaired) electrons. The number of nitrogens with one attached hydrogen (secondary N) is 1. The van der Waals surface area contributed by atoms with Crippen LogP contribution in [0.1, 0.15) is 5.56 Å². The summed E-state index contributed by atoms with van der Waals surface area (Å²) in [6.07, 6.45) is -4.50. The highest BCUT2D eigenvalue weighted by atomic mass is 35.5. The van der Waals surface area contributed by atoms with E-state index in [1.54, 1.807) is 0 Å². The zero-order valence-electron chi connectivity index (χ0n) is 9.41. The Morgan fingerprint density at radius 2 is 2.16 bits per heavy atom. The lowest BCUT2D eigenvalue weighted by atomic mass is 10.2. The topological polar surface area (TPSA) is 47.9 Å². The Labute approximate surface area is 116 Å². The Hall–Kier alpha value is -1.12. The Bertz CT molecular complexity index is 509. The van der Waals surface area contributed by atoms with E-state index >= 15 is 0 Å². The number of hydroxylamine groups is 1. The van der Waals surface area contributed by atoms with Gasteiger partial charge in [0.2, 0.25) is 5.17 Å². The van der Waals surface area contributed by atoms with Crippen molar-refractivity contribution in [1.82, 2.24) is 5.17 Å². The second-order valence-electron chi connectivity index (χ2n) is 3.63. The lowest BCUT2D eigenvalue weighted by molar-refractivity contribution is -0.137. The van der Waals surface area contributed by atoms with Crippen molar-refractivity contribution in [2.75, 3.05) is 17.7 Å². The van der Waals surface area contributed by atoms with Crippen molar-refractivity contribution in [1.29, 1.82) is 0 Å². The molecule has 4 nitrogen and oxygen atoms in total. The minimum Gasteiger partial charge on any atom is -0.273 e. The molecule has 0 aliphatic carbocycles. The number of aliphatic imine (C=N–C) groups is 1. The summed E-state index contributed by atoms with van der Waals surface area (Å²) in [5.41, 5.74) is 1.80. The molecule has 1 aromatic carbocycles. The molecule has 0 saturated heterocycles. The molecule has 0 fully saturated rings. The summed E-state index contributed by atoms with van der Waals surface area (Å²) in [6.45, 7) is 0.590. The summed E-state index contributed by atoms with van der Waals surface area (Å²) in [6, 6.07) is 3.12. The van der Waals surface area contributed by atoms with Crippen molar-refractivity contribution >= 4 is 34.2 Å². The van der Waals surface area contributed by atoms with Crippen LogP contribution in [0.4, 0.5) is 18.9 Å². The third kappa shape index (κ3) is 3.46. The second kappa shape index (κ2) is 5.48. The fourth-order valence-electron chi connectivity index (χ4n) is 1.44. The molecule has 1 aliphatic heterocycles. The average molecular weight is 312 g/mol. The summed E-state index contributed by atoms with van der Waals surface area (Å²) in [7, 11) is 0. The lowest BCUT2D eigenvalue weighted by Crippen LogP contribution is -2.30. The number of anilines is 1. The van der Waals surface area contributed by atoms with Crippen molar-refractivity contribution in [2.24, 2.45) is 4.99 Å². The number of benzene rings is 1. The SMILES string of the molecule is ON(Nc1ccc(C(F)(F)F)c(Cl)c1)C1=NCCS1. The summed E-state index contributed by atoms with van der Waals surface area (Å²) >= 11 is 6.89. The van der Waals surface area contributed by atoms with Crippen LogP contribution in [0.25, 0.3) is 0 Å². The van der Waals surface area contributed by atoms with Gasteiger partial charge in [0.1, 0.15) is 0 Å². The molecule has 0 spiro atoms. The highest BCUT2D eigenvalue weighted by Gasteiger charge is 2.33. The van der Waals surface area contributed by atoms with Gasteiger partial charge in [-0.05, 0) is 18.2 Å². The zero-order chi connectivity index (χ0) is 14.0. The summed E-state index contributed by atoms with van der Waals surface area (Å²) in [5, 5.41) is 10.2. The van der Waals surface area contributed by atoms with E-state index in [9.17, 15) is 18.4 Å². The molecular formula is C10H9ClF3N3OS. The van der Waals surface area contributed by atoms with E-state index in [1.165, 1.54) is 17.8 Å². The maximum atomic E-state index is 12.5. The van der Waals surface area contributed by atoms with Crippen LogP contribution < -0.4 is 5.43 Å². The fourth-order valence-corrected chi connectivity index (χ4v) is 2.44. The Balaban J connectivity index is 2.12. The smallest absolute Gasteiger partial charge is 0.273 e. The van der Waals surface area contributed by atoms with Crippen molar-refractivity contribution in [2.45, 2.75) is 6.18 Å². The molecule has 2 N–H and O–H groups in total. The van der Waals surface area contributed by atoms with Gasteiger partial charge in [-0.3, -0.25) is 15.6 Å². The number of alkyl halides is 3. The summed E-state index contributed by atoms with van der Waals surface area (Å²) in [4.78, 5) is 3.99. The van der Waals surface area contributed by atoms with Crippen molar-refractivity contribution in [3.63, 3.8) is 0 Å². The van der Waals surface area contributed by atoms with E-state index in [2.05, 4.69) is 10.4 Å². The maximum absolute atomic E-state index is 12.5. The van der Waals surface area contributed by atoms with E-state index < -0.39 is 16.8 Å². The average Bonchev–Trinajstić information content (AvgIpc) is 2.80. The van der Waals surface area contributed by atoms with Gasteiger partial charge in [-0.2, -0.15) is 13.2 Å². The molecule has 19 heavy (non-hydrogen) atoms. The predicted octanol–water partition coefficient (Wildman–Crippen LogP) is 3.48. The van der Waals surface area contributed by atoms with Crippen LogP contribution in [0.15, 0.2) is 23.2 Å². The number of amidine groups is 1. The molecule has 104 valence electrons. The standard InChI is InChI=1S/C10H9ClF3N3OS/c11-8-5-6(1-2-7(8)10(12,13)14)16-17(18)9-15-3-4-19-9/h1-2,5,16,18H,3-4H2. The number of nitrogens with zero attached hydrogens (tertiary/aromatic N) is 2. The fraction of sp³-hybridized carbons (Fsp3) is 0.300. The quantitative estimate of drug-likeness (QED) is 0.821. The normalized spacial score (nSPS) is 15.3. The van der Waals surface area contributed by atoms with Gasteiger partial charge in [0.25, 0.3) is 0 Å². The van der Waals surface area contributed by atoms with Gasteiger partial charge in [0, 0.05) is 5.75 Å². The minimum absolute atomic E-state index is 0.232. The van der Waals surface area contributed by atoms with Crippen LogP contribution in [0.3, 0.4) is 0 Å². The van der Waals surface area contributed by atoms with E-state index in [4.69, 9.17) is 11.6 Å². The monoisotopic (exact) mass is 311 g/mol. The van der Waals surface area contributed by atoms with Crippen LogP contribution in [0.5, 0.6) is 0 Å². The van der Waals surface area contributed by atoms with Gasteiger partial charge in [0.05, 0.1) is 22.8 Å². The second-order valence-corrected chi connectivity index (χ2v) is 5.10. The van der Waals surface area contributed by atoms with Gasteiger partial charge in [-0.25, -0.2) is 0 Å². The predicted molar refractivity (Wildman–Crippen MR) is 68.5 cm³/mol. The number of rotatable bonds is 2. The van der Waals surface area contributed by atoms with Gasteiger partial charge >= 0.3 is 6.18 Å². The first-order valence-corrected chi connectivity index (χ1v) is 6.54. The molecule has 1 aliphatic rings. The molecule has 9 heteroatoms. The lowest BCUT2D eigenvalue weighted by Gasteiger charge is -2.18. The number of halogens is 4. The Kier molecular flexibility index (Phi) is 4.12. The summed E-state index contributed by atoms with van der Waals surface area (Å²) in [5.74, 6) is 0.752. The van der Waals surface area contributed by atoms with Crippen LogP contribution in [-0.2, 0) is 6.18 Å². The number of thioether (sulfide) groups is 1. The maximum Gasteiger partial charge on any atom is 0.417 e. The molecule has 0 atom stereocenters. The molecule has 0 amide bonds. The molecule has 1 aromatic rings. The Morgan fingerprint density at radius 1 is 1.42 bits per heavy atom. The van der Waals surface area contributed by atoms with Gasteiger partial charge in [-0.15, -0.1) is 5.17 Å². The third-order valence-electron chi connectivity index (χ3n) is 2.26. The first-order chi connectivity index (χ1) is 8.88. The molecular weight excluding hydrogens is 303 g/mol. The molecule has 0 unspecified atom stereocenters. The third-order valence-corrected chi connectivity index (χ3v) is 3.52. The van der Waals surface area contributed by atoms with Gasteiger partial charge in [0.15, 0.2) is 0 Å². The number of hydrazine groups is 1. The van der Waals surface area contributed by atoms with Crippen LogP contribution in [0, 0.1) is 0 Å². The van der Waals surface area contributed by atoms with E-state index in [1.807, 2.05) is 0 Å². The first-order valence-electron chi connectivity index (χ1n) is 5.17. The zero-order valence-corrected chi connectivity index (χ0v) is 11.0. The minimum atomic E-state index is -4.50. The highest BCUT2D eigenvalue weighted by molar-refractivity contribution is 8.14. The van der Waals surface area contributed by atoms with E-state index in [-0.39, 0.29) is 5.69 Å². The van der Waals surface area contributed by atoms with Crippen molar-refractivity contribution in [3.8, 4) is 0 Å².